The van der Waals surface area contributed by atoms with E-state index in [1.807, 2.05) is 20.8 Å². The van der Waals surface area contributed by atoms with Gasteiger partial charge in [0, 0.05) is 0 Å². The van der Waals surface area contributed by atoms with Crippen molar-refractivity contribution < 1.29 is 9.53 Å². The van der Waals surface area contributed by atoms with Gasteiger partial charge in [0.15, 0.2) is 0 Å². The fourth-order valence-electron chi connectivity index (χ4n) is 6.96. The summed E-state index contributed by atoms with van der Waals surface area (Å²) in [6.45, 7) is 17.5. The Morgan fingerprint density at radius 2 is 1.83 bits per heavy atom. The van der Waals surface area contributed by atoms with Gasteiger partial charge in [-0.05, 0) is 81.5 Å². The van der Waals surface area contributed by atoms with Crippen molar-refractivity contribution in [3.05, 3.63) is 12.2 Å². The molecule has 2 heteroatoms. The van der Waals surface area contributed by atoms with Crippen LogP contribution in [-0.4, -0.2) is 11.6 Å². The monoisotopic (exact) mass is 332 g/mol. The standard InChI is InChI=1S/C22H36O2/c1-9-14-11-10-12-15-16(14)18-13(2)17(15)22(8,21(18,6)7)19(23)24-20(3,4)5/h10-11,13-18H,9,12H2,1-8H3. The molecule has 3 rings (SSSR count). The molecule has 136 valence electrons. The predicted octanol–water partition coefficient (Wildman–Crippen LogP) is 5.47. The van der Waals surface area contributed by atoms with Crippen LogP contribution in [0.5, 0.6) is 0 Å². The van der Waals surface area contributed by atoms with Gasteiger partial charge in [-0.1, -0.05) is 39.8 Å². The molecule has 0 N–H and O–H groups in total. The molecule has 2 saturated carbocycles. The van der Waals surface area contributed by atoms with Gasteiger partial charge in [-0.15, -0.1) is 0 Å². The Bertz CT molecular complexity index is 553. The van der Waals surface area contributed by atoms with Crippen molar-refractivity contribution in [1.29, 1.82) is 0 Å². The quantitative estimate of drug-likeness (QED) is 0.495. The van der Waals surface area contributed by atoms with Crippen molar-refractivity contribution in [3.63, 3.8) is 0 Å². The van der Waals surface area contributed by atoms with Crippen molar-refractivity contribution in [2.24, 2.45) is 46.3 Å². The van der Waals surface area contributed by atoms with E-state index in [0.29, 0.717) is 29.6 Å². The Kier molecular flexibility index (Phi) is 4.02. The van der Waals surface area contributed by atoms with Crippen LogP contribution in [0.25, 0.3) is 0 Å². The molecular formula is C22H36O2. The van der Waals surface area contributed by atoms with Crippen LogP contribution in [0, 0.1) is 46.3 Å². The first-order valence-electron chi connectivity index (χ1n) is 9.87. The van der Waals surface area contributed by atoms with Gasteiger partial charge in [0.05, 0.1) is 5.41 Å². The number of hydrogen-bond acceptors (Lipinski definition) is 2. The van der Waals surface area contributed by atoms with Crippen LogP contribution in [0.4, 0.5) is 0 Å². The first-order valence-corrected chi connectivity index (χ1v) is 9.87. The summed E-state index contributed by atoms with van der Waals surface area (Å²) in [4.78, 5) is 13.3. The van der Waals surface area contributed by atoms with E-state index in [9.17, 15) is 4.79 Å². The third-order valence-electron chi connectivity index (χ3n) is 7.92. The molecule has 2 fully saturated rings. The second kappa shape index (κ2) is 5.35. The van der Waals surface area contributed by atoms with Crippen LogP contribution in [0.1, 0.15) is 68.2 Å². The summed E-state index contributed by atoms with van der Waals surface area (Å²) < 4.78 is 5.94. The molecule has 7 unspecified atom stereocenters. The van der Waals surface area contributed by atoms with E-state index < -0.39 is 5.60 Å². The number of fused-ring (bicyclic) bond motifs is 5. The highest BCUT2D eigenvalue weighted by molar-refractivity contribution is 5.79. The molecular weight excluding hydrogens is 296 g/mol. The van der Waals surface area contributed by atoms with E-state index in [1.165, 1.54) is 6.42 Å². The van der Waals surface area contributed by atoms with Crippen molar-refractivity contribution in [2.45, 2.75) is 73.8 Å². The third-order valence-corrected chi connectivity index (χ3v) is 7.92. The Hall–Kier alpha value is -0.790. The van der Waals surface area contributed by atoms with Gasteiger partial charge >= 0.3 is 5.97 Å². The maximum atomic E-state index is 13.3. The minimum Gasteiger partial charge on any atom is -0.460 e. The normalized spacial score (nSPS) is 46.0. The minimum absolute atomic E-state index is 0.0147. The van der Waals surface area contributed by atoms with Crippen molar-refractivity contribution in [1.82, 2.24) is 0 Å². The van der Waals surface area contributed by atoms with E-state index in [4.69, 9.17) is 4.74 Å². The maximum Gasteiger partial charge on any atom is 0.313 e. The minimum atomic E-state index is -0.418. The lowest BCUT2D eigenvalue weighted by atomic mass is 9.50. The zero-order valence-corrected chi connectivity index (χ0v) is 16.8. The summed E-state index contributed by atoms with van der Waals surface area (Å²) in [6, 6.07) is 0. The van der Waals surface area contributed by atoms with E-state index >= 15 is 0 Å². The fraction of sp³-hybridized carbons (Fsp3) is 0.864. The van der Waals surface area contributed by atoms with Crippen LogP contribution >= 0.6 is 0 Å². The van der Waals surface area contributed by atoms with Crippen LogP contribution in [0.3, 0.4) is 0 Å². The van der Waals surface area contributed by atoms with Crippen LogP contribution in [0.15, 0.2) is 12.2 Å². The summed E-state index contributed by atoms with van der Waals surface area (Å²) in [6.07, 6.45) is 7.19. The molecule has 2 nitrogen and oxygen atoms in total. The van der Waals surface area contributed by atoms with E-state index in [-0.39, 0.29) is 16.8 Å². The molecule has 7 atom stereocenters. The predicted molar refractivity (Wildman–Crippen MR) is 98.4 cm³/mol. The van der Waals surface area contributed by atoms with Crippen LogP contribution < -0.4 is 0 Å². The lowest BCUT2D eigenvalue weighted by Crippen LogP contribution is -2.55. The smallest absolute Gasteiger partial charge is 0.313 e. The highest BCUT2D eigenvalue weighted by Crippen LogP contribution is 2.75. The summed E-state index contributed by atoms with van der Waals surface area (Å²) >= 11 is 0. The Balaban J connectivity index is 2.03. The second-order valence-electron chi connectivity index (χ2n) is 10.3. The van der Waals surface area contributed by atoms with Gasteiger partial charge in [-0.3, -0.25) is 4.79 Å². The first kappa shape index (κ1) is 18.0. The molecule has 0 aliphatic heterocycles. The summed E-state index contributed by atoms with van der Waals surface area (Å²) in [5.41, 5.74) is -0.812. The topological polar surface area (TPSA) is 26.3 Å². The SMILES string of the molecule is CCC1C=CCC2C1C1C(C)C2C(C)(C(=O)OC(C)(C)C)C1(C)C. The van der Waals surface area contributed by atoms with Gasteiger partial charge in [0.25, 0.3) is 0 Å². The Labute approximate surface area is 148 Å². The first-order chi connectivity index (χ1) is 11.0. The fourth-order valence-corrected chi connectivity index (χ4v) is 6.96. The Morgan fingerprint density at radius 3 is 2.38 bits per heavy atom. The lowest BCUT2D eigenvalue weighted by molar-refractivity contribution is -0.185. The maximum absolute atomic E-state index is 13.3. The van der Waals surface area contributed by atoms with Gasteiger partial charge in [0.1, 0.15) is 5.60 Å². The van der Waals surface area contributed by atoms with E-state index in [0.717, 1.165) is 12.3 Å². The molecule has 0 aromatic carbocycles. The van der Waals surface area contributed by atoms with Gasteiger partial charge in [-0.2, -0.15) is 0 Å². The summed E-state index contributed by atoms with van der Waals surface area (Å²) in [5.74, 6) is 3.75. The third kappa shape index (κ3) is 2.17. The molecule has 3 aliphatic rings. The lowest BCUT2D eigenvalue weighted by Gasteiger charge is -2.54. The van der Waals surface area contributed by atoms with E-state index in [2.05, 4.69) is 46.8 Å². The number of ether oxygens (including phenoxy) is 1. The van der Waals surface area contributed by atoms with Gasteiger partial charge in [0.2, 0.25) is 0 Å². The van der Waals surface area contributed by atoms with Gasteiger partial charge in [-0.25, -0.2) is 0 Å². The molecule has 0 radical (unpaired) electrons. The average molecular weight is 333 g/mol. The molecule has 0 saturated heterocycles. The van der Waals surface area contributed by atoms with Crippen LogP contribution in [-0.2, 0) is 9.53 Å². The number of esters is 1. The summed E-state index contributed by atoms with van der Waals surface area (Å²) in [7, 11) is 0. The van der Waals surface area contributed by atoms with Crippen LogP contribution in [0.2, 0.25) is 0 Å². The molecule has 2 bridgehead atoms. The zero-order chi connectivity index (χ0) is 18.1. The zero-order valence-electron chi connectivity index (χ0n) is 16.8. The molecule has 0 amide bonds. The molecule has 0 aromatic rings. The van der Waals surface area contributed by atoms with E-state index in [1.54, 1.807) is 0 Å². The Morgan fingerprint density at radius 1 is 1.21 bits per heavy atom. The molecule has 24 heavy (non-hydrogen) atoms. The molecule has 0 heterocycles. The second-order valence-corrected chi connectivity index (χ2v) is 10.3. The molecule has 0 aromatic heterocycles. The number of carbonyl (C=O) groups excluding carboxylic acids is 1. The molecule has 0 spiro atoms. The highest BCUT2D eigenvalue weighted by atomic mass is 16.6. The number of carbonyl (C=O) groups is 1. The van der Waals surface area contributed by atoms with Gasteiger partial charge < -0.3 is 4.74 Å². The van der Waals surface area contributed by atoms with Crippen molar-refractivity contribution in [2.75, 3.05) is 0 Å². The molecule has 3 aliphatic carbocycles. The number of rotatable bonds is 2. The summed E-state index contributed by atoms with van der Waals surface area (Å²) in [5, 5.41) is 0. The highest BCUT2D eigenvalue weighted by Gasteiger charge is 2.74. The van der Waals surface area contributed by atoms with Crippen molar-refractivity contribution >= 4 is 5.97 Å². The largest absolute Gasteiger partial charge is 0.460 e. The number of hydrogen-bond donors (Lipinski definition) is 0. The average Bonchev–Trinajstić information content (AvgIpc) is 2.83. The van der Waals surface area contributed by atoms with Crippen molar-refractivity contribution in [3.8, 4) is 0 Å². The number of allylic oxidation sites excluding steroid dienone is 2.